The Morgan fingerprint density at radius 3 is 2.76 bits per heavy atom. The van der Waals surface area contributed by atoms with Crippen molar-refractivity contribution in [2.75, 3.05) is 5.32 Å². The van der Waals surface area contributed by atoms with Crippen LogP contribution in [0.25, 0.3) is 16.7 Å². The number of aromatic nitrogens is 4. The predicted octanol–water partition coefficient (Wildman–Crippen LogP) is 3.49. The Hall–Kier alpha value is -3.45. The number of halogens is 1. The molecule has 0 unspecified atom stereocenters. The van der Waals surface area contributed by atoms with E-state index in [4.69, 9.17) is 11.6 Å². The van der Waals surface area contributed by atoms with Crippen molar-refractivity contribution < 1.29 is 4.79 Å². The first-order chi connectivity index (χ1) is 13.9. The maximum atomic E-state index is 12.8. The van der Waals surface area contributed by atoms with Crippen LogP contribution in [0.1, 0.15) is 11.1 Å². The van der Waals surface area contributed by atoms with Gasteiger partial charge in [-0.3, -0.25) is 14.2 Å². The molecule has 1 N–H and O–H groups in total. The summed E-state index contributed by atoms with van der Waals surface area (Å²) in [6, 6.07) is 12.8. The lowest BCUT2D eigenvalue weighted by Gasteiger charge is -2.11. The molecular weight excluding hydrogens is 390 g/mol. The monoisotopic (exact) mass is 407 g/mol. The van der Waals surface area contributed by atoms with Gasteiger partial charge in [-0.25, -0.2) is 9.67 Å². The molecule has 29 heavy (non-hydrogen) atoms. The van der Waals surface area contributed by atoms with Gasteiger partial charge in [-0.05, 0) is 49.2 Å². The molecule has 0 radical (unpaired) electrons. The normalized spacial score (nSPS) is 11.0. The maximum absolute atomic E-state index is 12.8. The van der Waals surface area contributed by atoms with Gasteiger partial charge >= 0.3 is 0 Å². The third-order valence-electron chi connectivity index (χ3n) is 4.80. The summed E-state index contributed by atoms with van der Waals surface area (Å²) in [5.41, 5.74) is 3.57. The standard InChI is InChI=1S/C21H18ClN5O2/c1-13-5-3-8-18(14(13)2)25-19(28)11-26-12-23-20-17(21(26)29)10-24-27(20)16-7-4-6-15(22)9-16/h3-10,12H,11H2,1-2H3,(H,25,28). The fourth-order valence-electron chi connectivity index (χ4n) is 3.09. The molecule has 2 aromatic heterocycles. The van der Waals surface area contributed by atoms with E-state index >= 15 is 0 Å². The minimum atomic E-state index is -0.334. The van der Waals surface area contributed by atoms with Crippen molar-refractivity contribution in [2.45, 2.75) is 20.4 Å². The van der Waals surface area contributed by atoms with E-state index in [1.807, 2.05) is 38.1 Å². The van der Waals surface area contributed by atoms with Crippen molar-refractivity contribution in [2.24, 2.45) is 0 Å². The highest BCUT2D eigenvalue weighted by molar-refractivity contribution is 6.30. The third-order valence-corrected chi connectivity index (χ3v) is 5.04. The SMILES string of the molecule is Cc1cccc(NC(=O)Cn2cnc3c(cnn3-c3cccc(Cl)c3)c2=O)c1C. The number of hydrogen-bond donors (Lipinski definition) is 1. The molecule has 0 aliphatic carbocycles. The van der Waals surface area contributed by atoms with Crippen LogP contribution < -0.4 is 10.9 Å². The lowest BCUT2D eigenvalue weighted by molar-refractivity contribution is -0.116. The molecule has 0 atom stereocenters. The Morgan fingerprint density at radius 2 is 1.97 bits per heavy atom. The van der Waals surface area contributed by atoms with E-state index in [2.05, 4.69) is 15.4 Å². The highest BCUT2D eigenvalue weighted by Gasteiger charge is 2.14. The zero-order chi connectivity index (χ0) is 20.5. The number of hydrogen-bond acceptors (Lipinski definition) is 4. The van der Waals surface area contributed by atoms with Crippen molar-refractivity contribution in [3.8, 4) is 5.69 Å². The van der Waals surface area contributed by atoms with Crippen LogP contribution in [0, 0.1) is 13.8 Å². The highest BCUT2D eigenvalue weighted by Crippen LogP contribution is 2.19. The van der Waals surface area contributed by atoms with Gasteiger partial charge in [-0.1, -0.05) is 29.8 Å². The van der Waals surface area contributed by atoms with Gasteiger partial charge in [0.2, 0.25) is 5.91 Å². The molecule has 8 heteroatoms. The molecule has 0 fully saturated rings. The second-order valence-electron chi connectivity index (χ2n) is 6.75. The zero-order valence-corrected chi connectivity index (χ0v) is 16.6. The van der Waals surface area contributed by atoms with Crippen molar-refractivity contribution in [3.05, 3.63) is 81.5 Å². The van der Waals surface area contributed by atoms with Crippen molar-refractivity contribution in [3.63, 3.8) is 0 Å². The van der Waals surface area contributed by atoms with E-state index in [-0.39, 0.29) is 18.0 Å². The van der Waals surface area contributed by atoms with Gasteiger partial charge in [0.1, 0.15) is 18.3 Å². The van der Waals surface area contributed by atoms with Gasteiger partial charge in [-0.15, -0.1) is 0 Å². The summed E-state index contributed by atoms with van der Waals surface area (Å²) < 4.78 is 2.82. The highest BCUT2D eigenvalue weighted by atomic mass is 35.5. The number of anilines is 1. The molecule has 4 rings (SSSR count). The van der Waals surface area contributed by atoms with Gasteiger partial charge in [0.15, 0.2) is 5.65 Å². The van der Waals surface area contributed by atoms with Crippen LogP contribution >= 0.6 is 11.6 Å². The fourth-order valence-corrected chi connectivity index (χ4v) is 3.27. The average molecular weight is 408 g/mol. The van der Waals surface area contributed by atoms with E-state index in [0.717, 1.165) is 16.8 Å². The number of rotatable bonds is 4. The summed E-state index contributed by atoms with van der Waals surface area (Å²) in [5, 5.41) is 7.99. The Morgan fingerprint density at radius 1 is 1.17 bits per heavy atom. The first kappa shape index (κ1) is 18.9. The molecule has 7 nitrogen and oxygen atoms in total. The molecule has 0 saturated carbocycles. The van der Waals surface area contributed by atoms with Crippen LogP contribution in [0.3, 0.4) is 0 Å². The molecular formula is C21H18ClN5O2. The van der Waals surface area contributed by atoms with Gasteiger partial charge in [0.25, 0.3) is 5.56 Å². The molecule has 2 aromatic carbocycles. The van der Waals surface area contributed by atoms with Crippen LogP contribution in [0.4, 0.5) is 5.69 Å². The molecule has 0 aliphatic heterocycles. The average Bonchev–Trinajstić information content (AvgIpc) is 3.12. The number of amides is 1. The summed E-state index contributed by atoms with van der Waals surface area (Å²) in [4.78, 5) is 29.6. The minimum absolute atomic E-state index is 0.141. The van der Waals surface area contributed by atoms with Crippen LogP contribution in [-0.2, 0) is 11.3 Å². The number of aryl methyl sites for hydroxylation is 1. The fraction of sp³-hybridized carbons (Fsp3) is 0.143. The van der Waals surface area contributed by atoms with E-state index in [1.165, 1.54) is 17.1 Å². The van der Waals surface area contributed by atoms with Gasteiger partial charge in [0, 0.05) is 10.7 Å². The van der Waals surface area contributed by atoms with Crippen LogP contribution in [-0.4, -0.2) is 25.2 Å². The van der Waals surface area contributed by atoms with Crippen LogP contribution in [0.2, 0.25) is 5.02 Å². The van der Waals surface area contributed by atoms with E-state index in [9.17, 15) is 9.59 Å². The third kappa shape index (κ3) is 3.64. The van der Waals surface area contributed by atoms with Crippen molar-refractivity contribution in [1.29, 1.82) is 0 Å². The quantitative estimate of drug-likeness (QED) is 0.561. The van der Waals surface area contributed by atoms with Crippen molar-refractivity contribution >= 4 is 34.2 Å². The summed E-state index contributed by atoms with van der Waals surface area (Å²) >= 11 is 6.04. The molecule has 1 amide bonds. The molecule has 0 spiro atoms. The summed E-state index contributed by atoms with van der Waals surface area (Å²) in [5.74, 6) is -0.302. The molecule has 0 bridgehead atoms. The van der Waals surface area contributed by atoms with Gasteiger partial charge in [-0.2, -0.15) is 5.10 Å². The van der Waals surface area contributed by atoms with Crippen LogP contribution in [0.5, 0.6) is 0 Å². The Kier molecular flexibility index (Phi) is 4.90. The Bertz CT molecular complexity index is 1290. The first-order valence-corrected chi connectivity index (χ1v) is 9.37. The maximum Gasteiger partial charge on any atom is 0.264 e. The second-order valence-corrected chi connectivity index (χ2v) is 7.18. The molecule has 4 aromatic rings. The lowest BCUT2D eigenvalue weighted by Crippen LogP contribution is -2.28. The smallest absolute Gasteiger partial charge is 0.264 e. The van der Waals surface area contributed by atoms with Crippen LogP contribution in [0.15, 0.2) is 59.8 Å². The van der Waals surface area contributed by atoms with Gasteiger partial charge in [0.05, 0.1) is 11.9 Å². The molecule has 146 valence electrons. The summed E-state index contributed by atoms with van der Waals surface area (Å²) in [7, 11) is 0. The number of fused-ring (bicyclic) bond motifs is 1. The Balaban J connectivity index is 1.62. The number of benzene rings is 2. The minimum Gasteiger partial charge on any atom is -0.324 e. The number of carbonyl (C=O) groups is 1. The number of nitrogens with one attached hydrogen (secondary N) is 1. The predicted molar refractivity (Wildman–Crippen MR) is 113 cm³/mol. The van der Waals surface area contributed by atoms with Crippen molar-refractivity contribution in [1.82, 2.24) is 19.3 Å². The van der Waals surface area contributed by atoms with Gasteiger partial charge < -0.3 is 5.32 Å². The number of carbonyl (C=O) groups excluding carboxylic acids is 1. The van der Waals surface area contributed by atoms with E-state index in [0.29, 0.717) is 21.7 Å². The second kappa shape index (κ2) is 7.52. The van der Waals surface area contributed by atoms with E-state index in [1.54, 1.807) is 22.9 Å². The zero-order valence-electron chi connectivity index (χ0n) is 15.9. The molecule has 0 saturated heterocycles. The van der Waals surface area contributed by atoms with E-state index < -0.39 is 0 Å². The first-order valence-electron chi connectivity index (χ1n) is 8.99. The molecule has 0 aliphatic rings. The topological polar surface area (TPSA) is 81.8 Å². The Labute approximate surface area is 171 Å². The summed E-state index contributed by atoms with van der Waals surface area (Å²) in [6.45, 7) is 3.78. The lowest BCUT2D eigenvalue weighted by atomic mass is 10.1. The molecule has 2 heterocycles. The largest absolute Gasteiger partial charge is 0.324 e. The number of nitrogens with zero attached hydrogens (tertiary/aromatic N) is 4. The summed E-state index contributed by atoms with van der Waals surface area (Å²) in [6.07, 6.45) is 2.81.